The Morgan fingerprint density at radius 1 is 1.41 bits per heavy atom. The van der Waals surface area contributed by atoms with Gasteiger partial charge in [0.15, 0.2) is 0 Å². The van der Waals surface area contributed by atoms with Crippen molar-refractivity contribution in [2.24, 2.45) is 0 Å². The van der Waals surface area contributed by atoms with Crippen molar-refractivity contribution in [3.05, 3.63) is 35.4 Å². The van der Waals surface area contributed by atoms with E-state index in [4.69, 9.17) is 4.74 Å². The Morgan fingerprint density at radius 2 is 2.12 bits per heavy atom. The van der Waals surface area contributed by atoms with E-state index >= 15 is 0 Å². The predicted octanol–water partition coefficient (Wildman–Crippen LogP) is 2.54. The van der Waals surface area contributed by atoms with E-state index in [0.29, 0.717) is 0 Å². The molecule has 1 aromatic carbocycles. The van der Waals surface area contributed by atoms with Crippen LogP contribution in [0.25, 0.3) is 6.08 Å². The van der Waals surface area contributed by atoms with Crippen LogP contribution < -0.4 is 10.1 Å². The van der Waals surface area contributed by atoms with Crippen molar-refractivity contribution < 1.29 is 9.53 Å². The second-order valence-corrected chi connectivity index (χ2v) is 4.24. The Hall–Kier alpha value is -1.77. The Kier molecular flexibility index (Phi) is 4.76. The molecular formula is C14H19NO2. The minimum absolute atomic E-state index is 0.0939. The quantitative estimate of drug-likeness (QED) is 0.812. The van der Waals surface area contributed by atoms with E-state index in [1.807, 2.05) is 39.0 Å². The highest BCUT2D eigenvalue weighted by Crippen LogP contribution is 2.20. The van der Waals surface area contributed by atoms with Crippen LogP contribution in [0.2, 0.25) is 0 Å². The Labute approximate surface area is 102 Å². The van der Waals surface area contributed by atoms with Gasteiger partial charge in [-0.25, -0.2) is 0 Å². The van der Waals surface area contributed by atoms with Gasteiger partial charge in [-0.15, -0.1) is 0 Å². The van der Waals surface area contributed by atoms with Crippen molar-refractivity contribution in [1.82, 2.24) is 5.32 Å². The number of rotatable bonds is 4. The van der Waals surface area contributed by atoms with Gasteiger partial charge < -0.3 is 10.1 Å². The first-order valence-corrected chi connectivity index (χ1v) is 5.66. The third kappa shape index (κ3) is 4.31. The molecule has 0 spiro atoms. The number of hydrogen-bond acceptors (Lipinski definition) is 2. The SMILES string of the molecule is COc1ccc(C)cc1/C=C/C(=O)NC(C)C. The molecule has 0 saturated carbocycles. The smallest absolute Gasteiger partial charge is 0.244 e. The fraction of sp³-hybridized carbons (Fsp3) is 0.357. The molecule has 0 radical (unpaired) electrons. The molecule has 0 aliphatic carbocycles. The average Bonchev–Trinajstić information content (AvgIpc) is 2.25. The molecule has 0 atom stereocenters. The molecule has 0 bridgehead atoms. The van der Waals surface area contributed by atoms with Gasteiger partial charge in [-0.05, 0) is 39.0 Å². The van der Waals surface area contributed by atoms with Gasteiger partial charge in [0.2, 0.25) is 5.91 Å². The van der Waals surface area contributed by atoms with Crippen LogP contribution in [0.3, 0.4) is 0 Å². The zero-order valence-electron chi connectivity index (χ0n) is 10.8. The molecule has 3 nitrogen and oxygen atoms in total. The first-order chi connectivity index (χ1) is 8.02. The molecular weight excluding hydrogens is 214 g/mol. The number of ether oxygens (including phenoxy) is 1. The second-order valence-electron chi connectivity index (χ2n) is 4.24. The topological polar surface area (TPSA) is 38.3 Å². The Balaban J connectivity index is 2.83. The van der Waals surface area contributed by atoms with Gasteiger partial charge in [0.1, 0.15) is 5.75 Å². The fourth-order valence-corrected chi connectivity index (χ4v) is 1.48. The molecule has 17 heavy (non-hydrogen) atoms. The number of amides is 1. The number of nitrogens with one attached hydrogen (secondary N) is 1. The molecule has 1 rings (SSSR count). The molecule has 92 valence electrons. The van der Waals surface area contributed by atoms with Crippen molar-refractivity contribution in [2.75, 3.05) is 7.11 Å². The maximum Gasteiger partial charge on any atom is 0.244 e. The second kappa shape index (κ2) is 6.09. The van der Waals surface area contributed by atoms with E-state index in [2.05, 4.69) is 5.32 Å². The first-order valence-electron chi connectivity index (χ1n) is 5.66. The summed E-state index contributed by atoms with van der Waals surface area (Å²) >= 11 is 0. The van der Waals surface area contributed by atoms with E-state index in [0.717, 1.165) is 16.9 Å². The maximum absolute atomic E-state index is 11.5. The van der Waals surface area contributed by atoms with E-state index in [1.165, 1.54) is 6.08 Å². The Bertz CT molecular complexity index is 422. The van der Waals surface area contributed by atoms with Crippen LogP contribution in [0.5, 0.6) is 5.75 Å². The summed E-state index contributed by atoms with van der Waals surface area (Å²) in [6.07, 6.45) is 3.29. The standard InChI is InChI=1S/C14H19NO2/c1-10(2)15-14(16)8-6-12-9-11(3)5-7-13(12)17-4/h5-10H,1-4H3,(H,15,16)/b8-6+. The summed E-state index contributed by atoms with van der Waals surface area (Å²) in [6, 6.07) is 6.00. The molecule has 3 heteroatoms. The van der Waals surface area contributed by atoms with Crippen molar-refractivity contribution in [3.63, 3.8) is 0 Å². The normalized spacial score (nSPS) is 10.9. The van der Waals surface area contributed by atoms with Gasteiger partial charge in [0.05, 0.1) is 7.11 Å². The molecule has 0 aliphatic rings. The molecule has 0 heterocycles. The average molecular weight is 233 g/mol. The van der Waals surface area contributed by atoms with Gasteiger partial charge in [-0.2, -0.15) is 0 Å². The zero-order chi connectivity index (χ0) is 12.8. The van der Waals surface area contributed by atoms with Gasteiger partial charge in [-0.3, -0.25) is 4.79 Å². The highest BCUT2D eigenvalue weighted by Gasteiger charge is 2.01. The zero-order valence-corrected chi connectivity index (χ0v) is 10.8. The van der Waals surface area contributed by atoms with E-state index in [-0.39, 0.29) is 11.9 Å². The lowest BCUT2D eigenvalue weighted by Gasteiger charge is -2.06. The fourth-order valence-electron chi connectivity index (χ4n) is 1.48. The lowest BCUT2D eigenvalue weighted by atomic mass is 10.1. The van der Waals surface area contributed by atoms with Crippen LogP contribution in [0.15, 0.2) is 24.3 Å². The largest absolute Gasteiger partial charge is 0.496 e. The minimum Gasteiger partial charge on any atom is -0.496 e. The molecule has 1 N–H and O–H groups in total. The van der Waals surface area contributed by atoms with E-state index in [9.17, 15) is 4.79 Å². The maximum atomic E-state index is 11.5. The number of benzene rings is 1. The lowest BCUT2D eigenvalue weighted by molar-refractivity contribution is -0.116. The number of aryl methyl sites for hydroxylation is 1. The van der Waals surface area contributed by atoms with Crippen LogP contribution in [0.1, 0.15) is 25.0 Å². The van der Waals surface area contributed by atoms with Crippen LogP contribution >= 0.6 is 0 Å². The predicted molar refractivity (Wildman–Crippen MR) is 70.0 cm³/mol. The molecule has 0 saturated heterocycles. The van der Waals surface area contributed by atoms with Crippen molar-refractivity contribution in [2.45, 2.75) is 26.8 Å². The number of carbonyl (C=O) groups is 1. The Morgan fingerprint density at radius 3 is 2.71 bits per heavy atom. The summed E-state index contributed by atoms with van der Waals surface area (Å²) < 4.78 is 5.23. The summed E-state index contributed by atoms with van der Waals surface area (Å²) in [5.74, 6) is 0.674. The molecule has 0 aliphatic heterocycles. The van der Waals surface area contributed by atoms with E-state index in [1.54, 1.807) is 13.2 Å². The number of hydrogen-bond donors (Lipinski definition) is 1. The van der Waals surface area contributed by atoms with Gasteiger partial charge in [-0.1, -0.05) is 11.6 Å². The van der Waals surface area contributed by atoms with Gasteiger partial charge in [0.25, 0.3) is 0 Å². The first kappa shape index (κ1) is 13.3. The molecule has 1 aromatic rings. The highest BCUT2D eigenvalue weighted by atomic mass is 16.5. The number of carbonyl (C=O) groups excluding carboxylic acids is 1. The molecule has 0 unspecified atom stereocenters. The summed E-state index contributed by atoms with van der Waals surface area (Å²) in [7, 11) is 1.62. The van der Waals surface area contributed by atoms with Crippen molar-refractivity contribution in [1.29, 1.82) is 0 Å². The van der Waals surface area contributed by atoms with Crippen LogP contribution in [-0.2, 0) is 4.79 Å². The monoisotopic (exact) mass is 233 g/mol. The van der Waals surface area contributed by atoms with Crippen LogP contribution in [0, 0.1) is 6.92 Å². The molecule has 0 aromatic heterocycles. The number of methoxy groups -OCH3 is 1. The summed E-state index contributed by atoms with van der Waals surface area (Å²) in [5.41, 5.74) is 2.04. The summed E-state index contributed by atoms with van der Waals surface area (Å²) in [4.78, 5) is 11.5. The summed E-state index contributed by atoms with van der Waals surface area (Å²) in [6.45, 7) is 5.86. The minimum atomic E-state index is -0.0939. The van der Waals surface area contributed by atoms with Gasteiger partial charge >= 0.3 is 0 Å². The van der Waals surface area contributed by atoms with Crippen molar-refractivity contribution >= 4 is 12.0 Å². The van der Waals surface area contributed by atoms with Gasteiger partial charge in [0, 0.05) is 17.7 Å². The third-order valence-electron chi connectivity index (χ3n) is 2.23. The highest BCUT2D eigenvalue weighted by molar-refractivity contribution is 5.92. The van der Waals surface area contributed by atoms with Crippen molar-refractivity contribution in [3.8, 4) is 5.75 Å². The lowest BCUT2D eigenvalue weighted by Crippen LogP contribution is -2.28. The van der Waals surface area contributed by atoms with Crippen LogP contribution in [0.4, 0.5) is 0 Å². The third-order valence-corrected chi connectivity index (χ3v) is 2.23. The molecule has 0 fully saturated rings. The molecule has 1 amide bonds. The summed E-state index contributed by atoms with van der Waals surface area (Å²) in [5, 5.41) is 2.80. The van der Waals surface area contributed by atoms with Crippen LogP contribution in [-0.4, -0.2) is 19.1 Å². The van der Waals surface area contributed by atoms with E-state index < -0.39 is 0 Å².